The third-order valence-corrected chi connectivity index (χ3v) is 3.16. The van der Waals surface area contributed by atoms with E-state index in [1.54, 1.807) is 0 Å². The van der Waals surface area contributed by atoms with E-state index in [1.165, 1.54) is 32.1 Å². The number of nitrogens with one attached hydrogen (secondary N) is 1. The SMILES string of the molecule is CCCCCCCC(NCC)c1ncc(C)cn1. The molecule has 0 amide bonds. The van der Waals surface area contributed by atoms with Crippen molar-refractivity contribution >= 4 is 0 Å². The Hall–Kier alpha value is -0.960. The van der Waals surface area contributed by atoms with Crippen molar-refractivity contribution in [3.63, 3.8) is 0 Å². The maximum atomic E-state index is 4.44. The largest absolute Gasteiger partial charge is 0.308 e. The lowest BCUT2D eigenvalue weighted by atomic mass is 10.1. The minimum atomic E-state index is 0.317. The molecule has 0 saturated heterocycles. The second kappa shape index (κ2) is 9.03. The highest BCUT2D eigenvalue weighted by molar-refractivity contribution is 5.04. The first-order valence-corrected chi connectivity index (χ1v) is 7.29. The van der Waals surface area contributed by atoms with Crippen molar-refractivity contribution in [2.24, 2.45) is 0 Å². The quantitative estimate of drug-likeness (QED) is 0.676. The maximum absolute atomic E-state index is 4.44. The van der Waals surface area contributed by atoms with Crippen LogP contribution in [0.3, 0.4) is 0 Å². The molecule has 0 bridgehead atoms. The van der Waals surface area contributed by atoms with Crippen LogP contribution in [-0.4, -0.2) is 16.5 Å². The van der Waals surface area contributed by atoms with Crippen LogP contribution in [0.25, 0.3) is 0 Å². The second-order valence-corrected chi connectivity index (χ2v) is 4.93. The molecule has 0 aliphatic carbocycles. The smallest absolute Gasteiger partial charge is 0.145 e. The van der Waals surface area contributed by atoms with Crippen LogP contribution in [0.5, 0.6) is 0 Å². The van der Waals surface area contributed by atoms with E-state index >= 15 is 0 Å². The molecular formula is C15H27N3. The molecular weight excluding hydrogens is 222 g/mol. The zero-order valence-corrected chi connectivity index (χ0v) is 12.1. The Bertz CT molecular complexity index is 308. The average molecular weight is 249 g/mol. The van der Waals surface area contributed by atoms with Crippen LogP contribution in [0, 0.1) is 6.92 Å². The summed E-state index contributed by atoms with van der Waals surface area (Å²) < 4.78 is 0. The molecule has 0 spiro atoms. The van der Waals surface area contributed by atoms with Crippen LogP contribution in [0.1, 0.15) is 69.8 Å². The standard InChI is InChI=1S/C15H27N3/c1-4-6-7-8-9-10-14(16-5-2)15-17-11-13(3)12-18-15/h11-12,14,16H,4-10H2,1-3H3. The fourth-order valence-electron chi connectivity index (χ4n) is 2.10. The molecule has 102 valence electrons. The molecule has 0 radical (unpaired) electrons. The average Bonchev–Trinajstić information content (AvgIpc) is 2.38. The lowest BCUT2D eigenvalue weighted by Gasteiger charge is -2.16. The van der Waals surface area contributed by atoms with Gasteiger partial charge in [-0.25, -0.2) is 9.97 Å². The second-order valence-electron chi connectivity index (χ2n) is 4.93. The van der Waals surface area contributed by atoms with Gasteiger partial charge in [-0.1, -0.05) is 46.0 Å². The molecule has 1 aromatic rings. The molecule has 3 heteroatoms. The highest BCUT2D eigenvalue weighted by Gasteiger charge is 2.12. The Morgan fingerprint density at radius 2 is 1.72 bits per heavy atom. The van der Waals surface area contributed by atoms with Crippen LogP contribution in [-0.2, 0) is 0 Å². The highest BCUT2D eigenvalue weighted by Crippen LogP contribution is 2.17. The first-order chi connectivity index (χ1) is 8.77. The lowest BCUT2D eigenvalue weighted by molar-refractivity contribution is 0.459. The molecule has 18 heavy (non-hydrogen) atoms. The van der Waals surface area contributed by atoms with E-state index in [0.717, 1.165) is 24.4 Å². The van der Waals surface area contributed by atoms with Gasteiger partial charge in [0.2, 0.25) is 0 Å². The summed E-state index contributed by atoms with van der Waals surface area (Å²) in [5, 5.41) is 3.48. The minimum Gasteiger partial charge on any atom is -0.308 e. The number of aromatic nitrogens is 2. The van der Waals surface area contributed by atoms with Gasteiger partial charge in [0, 0.05) is 12.4 Å². The molecule has 1 N–H and O–H groups in total. The number of hydrogen-bond acceptors (Lipinski definition) is 3. The summed E-state index contributed by atoms with van der Waals surface area (Å²) in [5.41, 5.74) is 1.12. The van der Waals surface area contributed by atoms with Gasteiger partial charge in [0.1, 0.15) is 5.82 Å². The van der Waals surface area contributed by atoms with E-state index < -0.39 is 0 Å². The van der Waals surface area contributed by atoms with Crippen molar-refractivity contribution in [3.05, 3.63) is 23.8 Å². The van der Waals surface area contributed by atoms with E-state index in [4.69, 9.17) is 0 Å². The molecule has 1 rings (SSSR count). The van der Waals surface area contributed by atoms with E-state index in [1.807, 2.05) is 19.3 Å². The number of nitrogens with zero attached hydrogens (tertiary/aromatic N) is 2. The molecule has 0 aromatic carbocycles. The zero-order valence-electron chi connectivity index (χ0n) is 12.1. The van der Waals surface area contributed by atoms with Gasteiger partial charge in [0.05, 0.1) is 6.04 Å². The van der Waals surface area contributed by atoms with Gasteiger partial charge < -0.3 is 5.32 Å². The third-order valence-electron chi connectivity index (χ3n) is 3.16. The third kappa shape index (κ3) is 5.58. The van der Waals surface area contributed by atoms with Crippen molar-refractivity contribution in [2.75, 3.05) is 6.54 Å². The highest BCUT2D eigenvalue weighted by atomic mass is 15.0. The van der Waals surface area contributed by atoms with E-state index in [-0.39, 0.29) is 0 Å². The molecule has 1 atom stereocenters. The summed E-state index contributed by atoms with van der Waals surface area (Å²) in [7, 11) is 0. The molecule has 1 heterocycles. The first kappa shape index (κ1) is 15.1. The van der Waals surface area contributed by atoms with E-state index in [0.29, 0.717) is 6.04 Å². The van der Waals surface area contributed by atoms with Gasteiger partial charge in [0.25, 0.3) is 0 Å². The Balaban J connectivity index is 2.41. The fraction of sp³-hybridized carbons (Fsp3) is 0.733. The van der Waals surface area contributed by atoms with Gasteiger partial charge in [-0.2, -0.15) is 0 Å². The summed E-state index contributed by atoms with van der Waals surface area (Å²) in [4.78, 5) is 8.88. The summed E-state index contributed by atoms with van der Waals surface area (Å²) in [6.45, 7) is 7.38. The Labute approximate surface area is 111 Å². The summed E-state index contributed by atoms with van der Waals surface area (Å²) >= 11 is 0. The predicted molar refractivity (Wildman–Crippen MR) is 76.6 cm³/mol. The van der Waals surface area contributed by atoms with Crippen LogP contribution in [0.4, 0.5) is 0 Å². The Morgan fingerprint density at radius 1 is 1.06 bits per heavy atom. The Morgan fingerprint density at radius 3 is 2.33 bits per heavy atom. The van der Waals surface area contributed by atoms with Crippen LogP contribution in [0.2, 0.25) is 0 Å². The molecule has 1 aromatic heterocycles. The number of unbranched alkanes of at least 4 members (excludes halogenated alkanes) is 4. The minimum absolute atomic E-state index is 0.317. The van der Waals surface area contributed by atoms with Crippen LogP contribution >= 0.6 is 0 Å². The predicted octanol–water partition coefficient (Wildman–Crippen LogP) is 3.80. The van der Waals surface area contributed by atoms with Gasteiger partial charge in [-0.3, -0.25) is 0 Å². The number of rotatable bonds is 9. The van der Waals surface area contributed by atoms with Gasteiger partial charge in [0.15, 0.2) is 0 Å². The van der Waals surface area contributed by atoms with Gasteiger partial charge >= 0.3 is 0 Å². The van der Waals surface area contributed by atoms with Crippen molar-refractivity contribution in [1.29, 1.82) is 0 Å². The maximum Gasteiger partial charge on any atom is 0.145 e. The van der Waals surface area contributed by atoms with Crippen LogP contribution < -0.4 is 5.32 Å². The van der Waals surface area contributed by atoms with Crippen molar-refractivity contribution < 1.29 is 0 Å². The van der Waals surface area contributed by atoms with Gasteiger partial charge in [-0.15, -0.1) is 0 Å². The lowest BCUT2D eigenvalue weighted by Crippen LogP contribution is -2.23. The summed E-state index contributed by atoms with van der Waals surface area (Å²) in [6.07, 6.45) is 11.5. The monoisotopic (exact) mass is 249 g/mol. The van der Waals surface area contributed by atoms with Crippen molar-refractivity contribution in [1.82, 2.24) is 15.3 Å². The molecule has 0 saturated carbocycles. The molecule has 0 fully saturated rings. The molecule has 0 aliphatic heterocycles. The normalized spacial score (nSPS) is 12.6. The van der Waals surface area contributed by atoms with Crippen molar-refractivity contribution in [3.8, 4) is 0 Å². The molecule has 3 nitrogen and oxygen atoms in total. The Kier molecular flexibility index (Phi) is 7.58. The topological polar surface area (TPSA) is 37.8 Å². The first-order valence-electron chi connectivity index (χ1n) is 7.29. The summed E-state index contributed by atoms with van der Waals surface area (Å²) in [5.74, 6) is 0.943. The van der Waals surface area contributed by atoms with Gasteiger partial charge in [-0.05, 0) is 25.5 Å². The van der Waals surface area contributed by atoms with E-state index in [9.17, 15) is 0 Å². The fourth-order valence-corrected chi connectivity index (χ4v) is 2.10. The van der Waals surface area contributed by atoms with Crippen molar-refractivity contribution in [2.45, 2.75) is 65.3 Å². The van der Waals surface area contributed by atoms with Crippen LogP contribution in [0.15, 0.2) is 12.4 Å². The summed E-state index contributed by atoms with van der Waals surface area (Å²) in [6, 6.07) is 0.317. The molecule has 1 unspecified atom stereocenters. The molecule has 0 aliphatic rings. The van der Waals surface area contributed by atoms with E-state index in [2.05, 4.69) is 29.1 Å². The number of hydrogen-bond donors (Lipinski definition) is 1. The number of aryl methyl sites for hydroxylation is 1. The zero-order chi connectivity index (χ0) is 13.2.